The van der Waals surface area contributed by atoms with Gasteiger partial charge in [0.25, 0.3) is 0 Å². The second kappa shape index (κ2) is 5.75. The van der Waals surface area contributed by atoms with Crippen molar-refractivity contribution in [2.75, 3.05) is 20.3 Å². The Hall–Kier alpha value is -0.450. The minimum absolute atomic E-state index is 0.546. The van der Waals surface area contributed by atoms with Gasteiger partial charge in [-0.1, -0.05) is 0 Å². The number of rotatable bonds is 7. The standard InChI is InChI=1S/C12H20N2OS/c1-9-14-11(8-16-9)5-6-13-12(7-15-2)10-3-4-10/h8,10,12-13H,3-7H2,1-2H3. The molecule has 1 aromatic heterocycles. The first-order chi connectivity index (χ1) is 7.79. The third-order valence-corrected chi connectivity index (χ3v) is 3.81. The van der Waals surface area contributed by atoms with Crippen LogP contribution in [0.5, 0.6) is 0 Å². The van der Waals surface area contributed by atoms with E-state index in [0.29, 0.717) is 6.04 Å². The van der Waals surface area contributed by atoms with Gasteiger partial charge in [0.1, 0.15) is 0 Å². The molecule has 16 heavy (non-hydrogen) atoms. The Kier molecular flexibility index (Phi) is 4.32. The number of thiazole rings is 1. The summed E-state index contributed by atoms with van der Waals surface area (Å²) in [5.41, 5.74) is 1.21. The Morgan fingerprint density at radius 2 is 2.44 bits per heavy atom. The summed E-state index contributed by atoms with van der Waals surface area (Å²) in [6.45, 7) is 3.90. The number of ether oxygens (including phenoxy) is 1. The second-order valence-electron chi connectivity index (χ2n) is 4.46. The molecule has 1 heterocycles. The highest BCUT2D eigenvalue weighted by Gasteiger charge is 2.30. The molecule has 0 aromatic carbocycles. The van der Waals surface area contributed by atoms with Crippen LogP contribution in [0.1, 0.15) is 23.5 Å². The fraction of sp³-hybridized carbons (Fsp3) is 0.750. The molecule has 90 valence electrons. The van der Waals surface area contributed by atoms with Crippen LogP contribution in [-0.4, -0.2) is 31.3 Å². The average Bonchev–Trinajstić information content (AvgIpc) is 3.02. The molecule has 1 aromatic rings. The number of nitrogens with zero attached hydrogens (tertiary/aromatic N) is 1. The molecule has 1 aliphatic rings. The van der Waals surface area contributed by atoms with E-state index in [1.807, 2.05) is 0 Å². The van der Waals surface area contributed by atoms with E-state index in [2.05, 4.69) is 22.6 Å². The van der Waals surface area contributed by atoms with Gasteiger partial charge in [-0.2, -0.15) is 0 Å². The van der Waals surface area contributed by atoms with Crippen molar-refractivity contribution < 1.29 is 4.74 Å². The number of nitrogens with one attached hydrogen (secondary N) is 1. The Labute approximate surface area is 101 Å². The maximum absolute atomic E-state index is 5.24. The van der Waals surface area contributed by atoms with Gasteiger partial charge in [-0.3, -0.25) is 0 Å². The molecule has 0 spiro atoms. The highest BCUT2D eigenvalue weighted by Crippen LogP contribution is 2.32. The SMILES string of the molecule is COCC(NCCc1csc(C)n1)C1CC1. The van der Waals surface area contributed by atoms with E-state index in [4.69, 9.17) is 4.74 Å². The van der Waals surface area contributed by atoms with Crippen LogP contribution in [0.4, 0.5) is 0 Å². The van der Waals surface area contributed by atoms with Gasteiger partial charge >= 0.3 is 0 Å². The number of methoxy groups -OCH3 is 1. The Bertz CT molecular complexity index is 323. The molecule has 0 bridgehead atoms. The lowest BCUT2D eigenvalue weighted by Crippen LogP contribution is -2.36. The summed E-state index contributed by atoms with van der Waals surface area (Å²) >= 11 is 1.73. The van der Waals surface area contributed by atoms with Gasteiger partial charge in [-0.05, 0) is 25.7 Å². The third-order valence-electron chi connectivity index (χ3n) is 2.99. The van der Waals surface area contributed by atoms with Crippen LogP contribution in [0.2, 0.25) is 0 Å². The van der Waals surface area contributed by atoms with Crippen LogP contribution >= 0.6 is 11.3 Å². The first-order valence-electron chi connectivity index (χ1n) is 5.93. The van der Waals surface area contributed by atoms with E-state index in [9.17, 15) is 0 Å². The molecule has 0 aliphatic heterocycles. The van der Waals surface area contributed by atoms with Crippen molar-refractivity contribution in [3.05, 3.63) is 16.1 Å². The maximum atomic E-state index is 5.24. The summed E-state index contributed by atoms with van der Waals surface area (Å²) < 4.78 is 5.24. The predicted octanol–water partition coefficient (Wildman–Crippen LogP) is 2.01. The van der Waals surface area contributed by atoms with Crippen LogP contribution in [0, 0.1) is 12.8 Å². The number of hydrogen-bond acceptors (Lipinski definition) is 4. The van der Waals surface area contributed by atoms with Crippen LogP contribution in [0.15, 0.2) is 5.38 Å². The number of aryl methyl sites for hydroxylation is 1. The first-order valence-corrected chi connectivity index (χ1v) is 6.81. The minimum Gasteiger partial charge on any atom is -0.383 e. The molecule has 0 amide bonds. The van der Waals surface area contributed by atoms with E-state index < -0.39 is 0 Å². The van der Waals surface area contributed by atoms with Crippen molar-refractivity contribution in [1.82, 2.24) is 10.3 Å². The highest BCUT2D eigenvalue weighted by atomic mass is 32.1. The van der Waals surface area contributed by atoms with Crippen molar-refractivity contribution in [3.63, 3.8) is 0 Å². The van der Waals surface area contributed by atoms with Crippen LogP contribution in [0.3, 0.4) is 0 Å². The van der Waals surface area contributed by atoms with Crippen LogP contribution in [-0.2, 0) is 11.2 Å². The van der Waals surface area contributed by atoms with Crippen molar-refractivity contribution >= 4 is 11.3 Å². The Morgan fingerprint density at radius 1 is 1.62 bits per heavy atom. The summed E-state index contributed by atoms with van der Waals surface area (Å²) in [6, 6.07) is 0.546. The van der Waals surface area contributed by atoms with Gasteiger partial charge in [-0.15, -0.1) is 11.3 Å². The first kappa shape index (κ1) is 12.0. The predicted molar refractivity (Wildman–Crippen MR) is 66.9 cm³/mol. The van der Waals surface area contributed by atoms with E-state index in [0.717, 1.165) is 30.5 Å². The van der Waals surface area contributed by atoms with Gasteiger partial charge < -0.3 is 10.1 Å². The maximum Gasteiger partial charge on any atom is 0.0897 e. The molecular formula is C12H20N2OS. The van der Waals surface area contributed by atoms with E-state index in [-0.39, 0.29) is 0 Å². The molecule has 1 saturated carbocycles. The third kappa shape index (κ3) is 3.54. The topological polar surface area (TPSA) is 34.1 Å². The van der Waals surface area contributed by atoms with Gasteiger partial charge in [0, 0.05) is 31.5 Å². The molecule has 0 radical (unpaired) electrons. The summed E-state index contributed by atoms with van der Waals surface area (Å²) in [7, 11) is 1.78. The summed E-state index contributed by atoms with van der Waals surface area (Å²) in [4.78, 5) is 4.46. The van der Waals surface area contributed by atoms with Gasteiger partial charge in [0.2, 0.25) is 0 Å². The van der Waals surface area contributed by atoms with E-state index in [1.54, 1.807) is 18.4 Å². The lowest BCUT2D eigenvalue weighted by atomic mass is 10.2. The monoisotopic (exact) mass is 240 g/mol. The largest absolute Gasteiger partial charge is 0.383 e. The van der Waals surface area contributed by atoms with E-state index >= 15 is 0 Å². The molecule has 0 saturated heterocycles. The van der Waals surface area contributed by atoms with Crippen molar-refractivity contribution in [2.45, 2.75) is 32.2 Å². The van der Waals surface area contributed by atoms with Crippen molar-refractivity contribution in [1.29, 1.82) is 0 Å². The quantitative estimate of drug-likeness (QED) is 0.791. The molecule has 3 nitrogen and oxygen atoms in total. The normalized spacial score (nSPS) is 17.6. The molecule has 1 N–H and O–H groups in total. The fourth-order valence-electron chi connectivity index (χ4n) is 1.95. The van der Waals surface area contributed by atoms with E-state index in [1.165, 1.54) is 18.5 Å². The van der Waals surface area contributed by atoms with Crippen LogP contribution in [0.25, 0.3) is 0 Å². The molecule has 1 fully saturated rings. The number of aromatic nitrogens is 1. The fourth-order valence-corrected chi connectivity index (χ4v) is 2.60. The van der Waals surface area contributed by atoms with Crippen molar-refractivity contribution in [3.8, 4) is 0 Å². The van der Waals surface area contributed by atoms with Gasteiger partial charge in [-0.25, -0.2) is 4.98 Å². The van der Waals surface area contributed by atoms with Crippen LogP contribution < -0.4 is 5.32 Å². The molecule has 1 atom stereocenters. The molecular weight excluding hydrogens is 220 g/mol. The Balaban J connectivity index is 1.69. The smallest absolute Gasteiger partial charge is 0.0897 e. The lowest BCUT2D eigenvalue weighted by molar-refractivity contribution is 0.158. The average molecular weight is 240 g/mol. The summed E-state index contributed by atoms with van der Waals surface area (Å²) in [5.74, 6) is 0.845. The zero-order chi connectivity index (χ0) is 11.4. The van der Waals surface area contributed by atoms with Gasteiger partial charge in [0.15, 0.2) is 0 Å². The second-order valence-corrected chi connectivity index (χ2v) is 5.52. The summed E-state index contributed by atoms with van der Waals surface area (Å²) in [6.07, 6.45) is 3.74. The molecule has 1 unspecified atom stereocenters. The van der Waals surface area contributed by atoms with Crippen molar-refractivity contribution in [2.24, 2.45) is 5.92 Å². The molecule has 2 rings (SSSR count). The zero-order valence-corrected chi connectivity index (χ0v) is 10.8. The Morgan fingerprint density at radius 3 is 3.00 bits per heavy atom. The molecule has 4 heteroatoms. The number of hydrogen-bond donors (Lipinski definition) is 1. The zero-order valence-electron chi connectivity index (χ0n) is 10.0. The van der Waals surface area contributed by atoms with Gasteiger partial charge in [0.05, 0.1) is 17.3 Å². The highest BCUT2D eigenvalue weighted by molar-refractivity contribution is 7.09. The lowest BCUT2D eigenvalue weighted by Gasteiger charge is -2.16. The minimum atomic E-state index is 0.546. The molecule has 1 aliphatic carbocycles. The summed E-state index contributed by atoms with van der Waals surface area (Å²) in [5, 5.41) is 6.89.